The molecule has 1 saturated heterocycles. The first kappa shape index (κ1) is 21.9. The Bertz CT molecular complexity index is 1270. The minimum Gasteiger partial charge on any atom is -0.348 e. The number of nitrogens with one attached hydrogen (secondary N) is 1. The summed E-state index contributed by atoms with van der Waals surface area (Å²) in [5.41, 5.74) is 4.82. The third kappa shape index (κ3) is 5.01. The summed E-state index contributed by atoms with van der Waals surface area (Å²) in [6.45, 7) is 2.01. The molecule has 1 aliphatic heterocycles. The number of aromatic nitrogens is 2. The topological polar surface area (TPSA) is 66.7 Å². The molecule has 6 nitrogen and oxygen atoms in total. The van der Waals surface area contributed by atoms with Crippen LogP contribution in [-0.2, 0) is 17.8 Å². The molecular weight excluding hydrogens is 424 g/mol. The summed E-state index contributed by atoms with van der Waals surface area (Å²) in [5.74, 6) is 0.527. The van der Waals surface area contributed by atoms with Crippen molar-refractivity contribution in [1.29, 1.82) is 0 Å². The number of carbonyl (C=O) groups is 2. The average molecular weight is 453 g/mol. The predicted octanol–water partition coefficient (Wildman–Crippen LogP) is 4.21. The molecule has 0 atom stereocenters. The summed E-state index contributed by atoms with van der Waals surface area (Å²) >= 11 is 0. The molecule has 34 heavy (non-hydrogen) atoms. The van der Waals surface area contributed by atoms with Crippen LogP contribution >= 0.6 is 0 Å². The van der Waals surface area contributed by atoms with Crippen LogP contribution in [0.4, 0.5) is 0 Å². The Morgan fingerprint density at radius 1 is 0.912 bits per heavy atom. The van der Waals surface area contributed by atoms with Crippen LogP contribution in [0.2, 0.25) is 0 Å². The lowest BCUT2D eigenvalue weighted by Gasteiger charge is -2.32. The maximum Gasteiger partial charge on any atom is 0.251 e. The van der Waals surface area contributed by atoms with Gasteiger partial charge in [0.1, 0.15) is 5.65 Å². The van der Waals surface area contributed by atoms with Crippen LogP contribution in [0.3, 0.4) is 0 Å². The Morgan fingerprint density at radius 2 is 1.68 bits per heavy atom. The number of hydrogen-bond acceptors (Lipinski definition) is 3. The summed E-state index contributed by atoms with van der Waals surface area (Å²) in [6, 6.07) is 21.8. The summed E-state index contributed by atoms with van der Waals surface area (Å²) in [7, 11) is 0. The maximum atomic E-state index is 12.6. The molecule has 0 spiro atoms. The second-order valence-corrected chi connectivity index (χ2v) is 8.85. The first-order valence-electron chi connectivity index (χ1n) is 11.8. The largest absolute Gasteiger partial charge is 0.348 e. The molecule has 172 valence electrons. The van der Waals surface area contributed by atoms with E-state index in [4.69, 9.17) is 0 Å². The fourth-order valence-corrected chi connectivity index (χ4v) is 4.60. The molecule has 1 aliphatic rings. The molecule has 2 aromatic heterocycles. The van der Waals surface area contributed by atoms with Crippen molar-refractivity contribution >= 4 is 17.5 Å². The van der Waals surface area contributed by atoms with E-state index >= 15 is 0 Å². The molecule has 3 heterocycles. The highest BCUT2D eigenvalue weighted by Gasteiger charge is 2.24. The van der Waals surface area contributed by atoms with E-state index in [1.165, 1.54) is 5.56 Å². The van der Waals surface area contributed by atoms with Crippen molar-refractivity contribution < 1.29 is 9.59 Å². The first-order valence-corrected chi connectivity index (χ1v) is 11.8. The van der Waals surface area contributed by atoms with E-state index in [9.17, 15) is 9.59 Å². The van der Waals surface area contributed by atoms with E-state index in [1.54, 1.807) is 6.20 Å². The second kappa shape index (κ2) is 9.91. The molecule has 2 aromatic carbocycles. The van der Waals surface area contributed by atoms with Gasteiger partial charge in [0, 0.05) is 43.8 Å². The number of fused-ring (bicyclic) bond motifs is 1. The minimum absolute atomic E-state index is 0.0870. The molecule has 6 heteroatoms. The van der Waals surface area contributed by atoms with E-state index in [0.29, 0.717) is 24.4 Å². The van der Waals surface area contributed by atoms with E-state index in [0.717, 1.165) is 42.7 Å². The van der Waals surface area contributed by atoms with E-state index < -0.39 is 0 Å². The number of carbonyl (C=O) groups excluding carboxylic acids is 2. The molecule has 0 bridgehead atoms. The van der Waals surface area contributed by atoms with Gasteiger partial charge in [0.25, 0.3) is 5.91 Å². The average Bonchev–Trinajstić information content (AvgIpc) is 3.36. The van der Waals surface area contributed by atoms with Crippen LogP contribution in [-0.4, -0.2) is 39.2 Å². The molecule has 4 aromatic rings. The van der Waals surface area contributed by atoms with Gasteiger partial charge < -0.3 is 14.6 Å². The highest BCUT2D eigenvalue weighted by atomic mass is 16.2. The zero-order valence-electron chi connectivity index (χ0n) is 19.1. The van der Waals surface area contributed by atoms with Crippen molar-refractivity contribution in [3.05, 3.63) is 108 Å². The number of pyridine rings is 1. The van der Waals surface area contributed by atoms with Gasteiger partial charge in [0.2, 0.25) is 5.91 Å². The summed E-state index contributed by atoms with van der Waals surface area (Å²) in [5, 5.41) is 2.99. The van der Waals surface area contributed by atoms with Gasteiger partial charge in [-0.25, -0.2) is 4.98 Å². The van der Waals surface area contributed by atoms with E-state index in [1.807, 2.05) is 76.3 Å². The van der Waals surface area contributed by atoms with Crippen LogP contribution in [0.5, 0.6) is 0 Å². The number of amides is 2. The normalized spacial score (nSPS) is 14.3. The number of likely N-dealkylation sites (tertiary alicyclic amines) is 1. The Morgan fingerprint density at radius 3 is 2.44 bits per heavy atom. The Kier molecular flexibility index (Phi) is 6.38. The molecule has 5 rings (SSSR count). The molecule has 0 saturated carbocycles. The number of nitrogens with zero attached hydrogens (tertiary/aromatic N) is 3. The van der Waals surface area contributed by atoms with Crippen molar-refractivity contribution in [3.63, 3.8) is 0 Å². The summed E-state index contributed by atoms with van der Waals surface area (Å²) < 4.78 is 1.94. The zero-order chi connectivity index (χ0) is 23.3. The number of piperidine rings is 1. The number of hydrogen-bond donors (Lipinski definition) is 1. The lowest BCUT2D eigenvalue weighted by molar-refractivity contribution is -0.131. The highest BCUT2D eigenvalue weighted by molar-refractivity contribution is 5.94. The zero-order valence-corrected chi connectivity index (χ0v) is 19.1. The number of rotatable bonds is 6. The Balaban J connectivity index is 1.12. The quantitative estimate of drug-likeness (QED) is 0.477. The molecule has 0 unspecified atom stereocenters. The van der Waals surface area contributed by atoms with Gasteiger partial charge in [-0.3, -0.25) is 9.59 Å². The first-order chi connectivity index (χ1) is 16.7. The molecular formula is C28H28N4O2. The monoisotopic (exact) mass is 452 g/mol. The van der Waals surface area contributed by atoms with Crippen LogP contribution in [0.1, 0.15) is 45.8 Å². The summed E-state index contributed by atoms with van der Waals surface area (Å²) in [6.07, 6.45) is 7.95. The Labute approximate surface area is 199 Å². The van der Waals surface area contributed by atoms with Crippen molar-refractivity contribution in [1.82, 2.24) is 19.6 Å². The third-order valence-electron chi connectivity index (χ3n) is 6.61. The van der Waals surface area contributed by atoms with Gasteiger partial charge in [-0.1, -0.05) is 42.5 Å². The van der Waals surface area contributed by atoms with Gasteiger partial charge in [-0.2, -0.15) is 0 Å². The third-order valence-corrected chi connectivity index (χ3v) is 6.61. The van der Waals surface area contributed by atoms with Gasteiger partial charge >= 0.3 is 0 Å². The predicted molar refractivity (Wildman–Crippen MR) is 132 cm³/mol. The number of benzene rings is 2. The van der Waals surface area contributed by atoms with Crippen LogP contribution < -0.4 is 5.32 Å². The number of imidazole rings is 1. The van der Waals surface area contributed by atoms with E-state index in [2.05, 4.69) is 22.4 Å². The smallest absolute Gasteiger partial charge is 0.251 e. The van der Waals surface area contributed by atoms with Crippen LogP contribution in [0, 0.1) is 0 Å². The standard InChI is InChI=1S/C28H28N4O2/c33-27(19-21-4-2-1-3-5-21)32-15-11-24(12-16-32)23-6-8-25(9-7-23)28(34)30-20-22-10-14-31-17-13-29-26(31)18-22/h1-10,13-14,17-18,24H,11-12,15-16,19-20H2,(H,30,34). The summed E-state index contributed by atoms with van der Waals surface area (Å²) in [4.78, 5) is 31.5. The minimum atomic E-state index is -0.0870. The second-order valence-electron chi connectivity index (χ2n) is 8.85. The van der Waals surface area contributed by atoms with Gasteiger partial charge in [-0.15, -0.1) is 0 Å². The fourth-order valence-electron chi connectivity index (χ4n) is 4.60. The fraction of sp³-hybridized carbons (Fsp3) is 0.250. The Hall–Kier alpha value is -3.93. The van der Waals surface area contributed by atoms with Crippen molar-refractivity contribution in [2.45, 2.75) is 31.7 Å². The van der Waals surface area contributed by atoms with Crippen molar-refractivity contribution in [2.24, 2.45) is 0 Å². The lowest BCUT2D eigenvalue weighted by atomic mass is 9.88. The molecule has 0 aliphatic carbocycles. The molecule has 1 fully saturated rings. The van der Waals surface area contributed by atoms with Crippen molar-refractivity contribution in [2.75, 3.05) is 13.1 Å². The maximum absolute atomic E-state index is 12.6. The van der Waals surface area contributed by atoms with E-state index in [-0.39, 0.29) is 11.8 Å². The lowest BCUT2D eigenvalue weighted by Crippen LogP contribution is -2.38. The highest BCUT2D eigenvalue weighted by Crippen LogP contribution is 2.28. The SMILES string of the molecule is O=C(NCc1ccn2ccnc2c1)c1ccc(C2CCN(C(=O)Cc3ccccc3)CC2)cc1. The molecule has 2 amide bonds. The van der Waals surface area contributed by atoms with Gasteiger partial charge in [0.05, 0.1) is 6.42 Å². The van der Waals surface area contributed by atoms with Crippen molar-refractivity contribution in [3.8, 4) is 0 Å². The van der Waals surface area contributed by atoms with Gasteiger partial charge in [0.15, 0.2) is 0 Å². The van der Waals surface area contributed by atoms with Gasteiger partial charge in [-0.05, 0) is 59.7 Å². The van der Waals surface area contributed by atoms with Crippen LogP contribution in [0.25, 0.3) is 5.65 Å². The molecule has 1 N–H and O–H groups in total. The molecule has 0 radical (unpaired) electrons. The van der Waals surface area contributed by atoms with Crippen LogP contribution in [0.15, 0.2) is 85.3 Å².